The van der Waals surface area contributed by atoms with Crippen molar-refractivity contribution in [1.82, 2.24) is 0 Å². The molecule has 9 heteroatoms. The second kappa shape index (κ2) is 6.58. The molecule has 3 rings (SSSR count). The lowest BCUT2D eigenvalue weighted by atomic mass is 10.1. The van der Waals surface area contributed by atoms with Gasteiger partial charge in [-0.15, -0.1) is 48.1 Å². The minimum Gasteiger partial charge on any atom is -0.505 e. The Kier molecular flexibility index (Phi) is 4.63. The minimum atomic E-state index is -0.171. The monoisotopic (exact) mass is 389 g/mol. The molecule has 0 heterocycles. The minimum absolute atomic E-state index is 0.162. The second-order valence-electron chi connectivity index (χ2n) is 5.36. The number of phenolic OH excluding ortho intramolecular Hbond substituents is 1. The molecule has 0 aliphatic carbocycles. The van der Waals surface area contributed by atoms with Gasteiger partial charge in [0.05, 0.1) is 22.4 Å². The molecular weight excluding hydrogens is 374 g/mol. The Morgan fingerprint density at radius 3 is 2.24 bits per heavy atom. The van der Waals surface area contributed by atoms with Crippen molar-refractivity contribution in [2.45, 2.75) is 14.7 Å². The van der Waals surface area contributed by atoms with Crippen LogP contribution in [-0.4, -0.2) is 5.11 Å². The van der Waals surface area contributed by atoms with E-state index in [9.17, 15) is 5.11 Å². The van der Waals surface area contributed by atoms with Crippen LogP contribution in [0.4, 0.5) is 28.4 Å². The summed E-state index contributed by atoms with van der Waals surface area (Å²) >= 11 is 13.0. The number of nitrogens with zero attached hydrogens (tertiary/aromatic N) is 2. The van der Waals surface area contributed by atoms with Gasteiger partial charge in [0.2, 0.25) is 0 Å². The summed E-state index contributed by atoms with van der Waals surface area (Å²) in [6, 6.07) is 8.39. The summed E-state index contributed by atoms with van der Waals surface area (Å²) in [7, 11) is 0. The van der Waals surface area contributed by atoms with Gasteiger partial charge < -0.3 is 22.3 Å². The quantitative estimate of drug-likeness (QED) is 0.197. The van der Waals surface area contributed by atoms with Crippen LogP contribution in [0.5, 0.6) is 5.75 Å². The van der Waals surface area contributed by atoms with Crippen molar-refractivity contribution in [3.05, 3.63) is 30.3 Å². The molecule has 3 aromatic rings. The molecular formula is C16H15N5OS3. The molecule has 0 aliphatic rings. The molecule has 3 aromatic carbocycles. The summed E-state index contributed by atoms with van der Waals surface area (Å²) in [5.41, 5.74) is 19.3. The number of azo groups is 1. The predicted molar refractivity (Wildman–Crippen MR) is 111 cm³/mol. The van der Waals surface area contributed by atoms with Crippen LogP contribution in [0.15, 0.2) is 55.2 Å². The first-order chi connectivity index (χ1) is 11.8. The smallest absolute Gasteiger partial charge is 0.154 e. The Balaban J connectivity index is 2.20. The van der Waals surface area contributed by atoms with Crippen LogP contribution in [0.25, 0.3) is 10.8 Å². The third-order valence-corrected chi connectivity index (χ3v) is 4.66. The van der Waals surface area contributed by atoms with E-state index in [1.54, 1.807) is 30.3 Å². The van der Waals surface area contributed by atoms with Gasteiger partial charge >= 0.3 is 0 Å². The van der Waals surface area contributed by atoms with Crippen molar-refractivity contribution in [2.75, 3.05) is 17.2 Å². The first kappa shape index (κ1) is 17.6. The molecule has 0 bridgehead atoms. The van der Waals surface area contributed by atoms with Crippen LogP contribution in [-0.2, 0) is 0 Å². The van der Waals surface area contributed by atoms with Gasteiger partial charge in [-0.2, -0.15) is 0 Å². The maximum atomic E-state index is 10.6. The summed E-state index contributed by atoms with van der Waals surface area (Å²) in [6.07, 6.45) is 0. The molecule has 0 saturated carbocycles. The topological polar surface area (TPSA) is 123 Å². The number of aromatic hydroxyl groups is 1. The number of thiol groups is 3. The standard InChI is InChI=1S/C16H15N5OS3/c17-8-3-6(23)1-2-10(8)20-21-15-12(25)4-7-11(24)5-9(18)14(19)13(7)16(15)22/h1-5,22-25H,17-19H2. The van der Waals surface area contributed by atoms with E-state index < -0.39 is 0 Å². The van der Waals surface area contributed by atoms with E-state index in [1.807, 2.05) is 0 Å². The summed E-state index contributed by atoms with van der Waals surface area (Å²) in [4.78, 5) is 1.70. The van der Waals surface area contributed by atoms with Crippen LogP contribution < -0.4 is 17.2 Å². The first-order valence-electron chi connectivity index (χ1n) is 7.05. The highest BCUT2D eigenvalue weighted by Gasteiger charge is 2.17. The summed E-state index contributed by atoms with van der Waals surface area (Å²) < 4.78 is 0. The lowest BCUT2D eigenvalue weighted by Crippen LogP contribution is -1.97. The van der Waals surface area contributed by atoms with Crippen LogP contribution >= 0.6 is 37.9 Å². The van der Waals surface area contributed by atoms with Gasteiger partial charge in [0.25, 0.3) is 0 Å². The molecule has 0 saturated heterocycles. The second-order valence-corrected chi connectivity index (χ2v) is 6.84. The van der Waals surface area contributed by atoms with E-state index in [4.69, 9.17) is 17.2 Å². The molecule has 0 radical (unpaired) electrons. The van der Waals surface area contributed by atoms with Gasteiger partial charge in [-0.25, -0.2) is 0 Å². The summed E-state index contributed by atoms with van der Waals surface area (Å²) in [5, 5.41) is 19.8. The Morgan fingerprint density at radius 2 is 1.56 bits per heavy atom. The van der Waals surface area contributed by atoms with Crippen molar-refractivity contribution in [1.29, 1.82) is 0 Å². The van der Waals surface area contributed by atoms with Crippen molar-refractivity contribution in [3.63, 3.8) is 0 Å². The van der Waals surface area contributed by atoms with Gasteiger partial charge in [0.1, 0.15) is 11.4 Å². The highest BCUT2D eigenvalue weighted by atomic mass is 32.1. The van der Waals surface area contributed by atoms with Crippen LogP contribution in [0.1, 0.15) is 0 Å². The molecule has 0 amide bonds. The summed E-state index contributed by atoms with van der Waals surface area (Å²) in [6.45, 7) is 0. The largest absolute Gasteiger partial charge is 0.505 e. The molecule has 0 atom stereocenters. The maximum Gasteiger partial charge on any atom is 0.154 e. The Bertz CT molecular complexity index is 1040. The Morgan fingerprint density at radius 1 is 0.840 bits per heavy atom. The lowest BCUT2D eigenvalue weighted by Gasteiger charge is -2.13. The van der Waals surface area contributed by atoms with Crippen molar-refractivity contribution in [2.24, 2.45) is 10.2 Å². The molecule has 0 aliphatic heterocycles. The highest BCUT2D eigenvalue weighted by molar-refractivity contribution is 7.81. The number of hydrogen-bond acceptors (Lipinski definition) is 9. The molecule has 0 unspecified atom stereocenters. The summed E-state index contributed by atoms with van der Waals surface area (Å²) in [5.74, 6) is -0.171. The molecule has 6 nitrogen and oxygen atoms in total. The van der Waals surface area contributed by atoms with Gasteiger partial charge in [-0.05, 0) is 30.3 Å². The lowest BCUT2D eigenvalue weighted by molar-refractivity contribution is 0.481. The van der Waals surface area contributed by atoms with Crippen LogP contribution in [0.3, 0.4) is 0 Å². The third-order valence-electron chi connectivity index (χ3n) is 3.67. The molecule has 25 heavy (non-hydrogen) atoms. The maximum absolute atomic E-state index is 10.6. The predicted octanol–water partition coefficient (Wildman–Crippen LogP) is 4.57. The van der Waals surface area contributed by atoms with Crippen molar-refractivity contribution >= 4 is 77.1 Å². The number of phenols is 1. The van der Waals surface area contributed by atoms with Crippen LogP contribution in [0, 0.1) is 0 Å². The van der Waals surface area contributed by atoms with Crippen molar-refractivity contribution < 1.29 is 5.11 Å². The number of hydrogen-bond donors (Lipinski definition) is 7. The van der Waals surface area contributed by atoms with E-state index in [-0.39, 0.29) is 17.1 Å². The van der Waals surface area contributed by atoms with E-state index in [1.165, 1.54) is 0 Å². The fourth-order valence-corrected chi connectivity index (χ4v) is 3.21. The third kappa shape index (κ3) is 3.17. The molecule has 0 spiro atoms. The molecule has 128 valence electrons. The van der Waals surface area contributed by atoms with Gasteiger partial charge in [-0.3, -0.25) is 0 Å². The van der Waals surface area contributed by atoms with E-state index in [0.29, 0.717) is 42.5 Å². The number of rotatable bonds is 2. The van der Waals surface area contributed by atoms with E-state index >= 15 is 0 Å². The first-order valence-corrected chi connectivity index (χ1v) is 8.39. The average Bonchev–Trinajstić information content (AvgIpc) is 2.54. The average molecular weight is 390 g/mol. The molecule has 0 aromatic heterocycles. The number of fused-ring (bicyclic) bond motifs is 1. The zero-order valence-electron chi connectivity index (χ0n) is 12.8. The molecule has 7 N–H and O–H groups in total. The number of benzene rings is 3. The SMILES string of the molecule is Nc1cc(S)ccc1N=Nc1c(S)cc2c(S)cc(N)c(N)c2c1O. The highest BCUT2D eigenvalue weighted by Crippen LogP contribution is 2.46. The Hall–Kier alpha value is -2.23. The fraction of sp³-hybridized carbons (Fsp3) is 0. The molecule has 0 fully saturated rings. The zero-order chi connectivity index (χ0) is 18.3. The number of nitrogen functional groups attached to an aromatic ring is 3. The fourth-order valence-electron chi connectivity index (χ4n) is 2.40. The van der Waals surface area contributed by atoms with Gasteiger partial charge in [-0.1, -0.05) is 0 Å². The number of nitrogens with two attached hydrogens (primary N) is 3. The van der Waals surface area contributed by atoms with E-state index in [0.717, 1.165) is 0 Å². The van der Waals surface area contributed by atoms with Gasteiger partial charge in [0, 0.05) is 20.1 Å². The number of anilines is 3. The van der Waals surface area contributed by atoms with E-state index in [2.05, 4.69) is 48.1 Å². The van der Waals surface area contributed by atoms with Gasteiger partial charge in [0.15, 0.2) is 5.75 Å². The van der Waals surface area contributed by atoms with Crippen molar-refractivity contribution in [3.8, 4) is 5.75 Å². The Labute approximate surface area is 160 Å². The normalized spacial score (nSPS) is 11.5. The van der Waals surface area contributed by atoms with Crippen LogP contribution in [0.2, 0.25) is 0 Å². The zero-order valence-corrected chi connectivity index (χ0v) is 15.5.